The average molecular weight is 248 g/mol. The molecule has 0 bridgehead atoms. The van der Waals surface area contributed by atoms with Crippen LogP contribution < -0.4 is 4.74 Å². The largest absolute Gasteiger partial charge is 0.487 e. The second-order valence-electron chi connectivity index (χ2n) is 6.49. The van der Waals surface area contributed by atoms with Crippen molar-refractivity contribution in [1.82, 2.24) is 0 Å². The molecule has 0 saturated heterocycles. The van der Waals surface area contributed by atoms with E-state index >= 15 is 0 Å². The van der Waals surface area contributed by atoms with Crippen LogP contribution in [-0.2, 0) is 10.2 Å². The minimum Gasteiger partial charge on any atom is -0.487 e. The third kappa shape index (κ3) is 4.17. The Labute approximate surface area is 110 Å². The highest BCUT2D eigenvalue weighted by atomic mass is 16.5. The molecule has 1 aromatic carbocycles. The molecule has 1 aromatic rings. The van der Waals surface area contributed by atoms with E-state index in [4.69, 9.17) is 4.74 Å². The number of carbonyl (C=O) groups excluding carboxylic acids is 1. The Bertz CT molecular complexity index is 425. The second kappa shape index (κ2) is 5.13. The van der Waals surface area contributed by atoms with Gasteiger partial charge < -0.3 is 4.74 Å². The molecule has 0 spiro atoms. The van der Waals surface area contributed by atoms with E-state index < -0.39 is 5.60 Å². The van der Waals surface area contributed by atoms with Gasteiger partial charge in [-0.05, 0) is 37.8 Å². The molecule has 0 N–H and O–H groups in total. The number of ketones is 1. The summed E-state index contributed by atoms with van der Waals surface area (Å²) in [6, 6.07) is 8.04. The quantitative estimate of drug-likeness (QED) is 0.801. The summed E-state index contributed by atoms with van der Waals surface area (Å²) in [4.78, 5) is 11.3. The molecule has 0 atom stereocenters. The van der Waals surface area contributed by atoms with Gasteiger partial charge in [-0.3, -0.25) is 4.79 Å². The van der Waals surface area contributed by atoms with Gasteiger partial charge in [0.15, 0.2) is 0 Å². The van der Waals surface area contributed by atoms with E-state index in [1.807, 2.05) is 32.0 Å². The zero-order valence-corrected chi connectivity index (χ0v) is 12.3. The predicted octanol–water partition coefficient (Wildman–Crippen LogP) is 4.12. The molecule has 0 aromatic heterocycles. The molecule has 18 heavy (non-hydrogen) atoms. The van der Waals surface area contributed by atoms with E-state index in [0.717, 1.165) is 5.75 Å². The van der Waals surface area contributed by atoms with Crippen LogP contribution in [0.25, 0.3) is 0 Å². The van der Waals surface area contributed by atoms with Gasteiger partial charge in [-0.2, -0.15) is 0 Å². The molecule has 0 heterocycles. The van der Waals surface area contributed by atoms with Crippen LogP contribution in [0.5, 0.6) is 5.75 Å². The van der Waals surface area contributed by atoms with Crippen LogP contribution in [-0.4, -0.2) is 11.4 Å². The van der Waals surface area contributed by atoms with Crippen molar-refractivity contribution in [2.24, 2.45) is 0 Å². The van der Waals surface area contributed by atoms with Crippen molar-refractivity contribution in [3.05, 3.63) is 29.8 Å². The van der Waals surface area contributed by atoms with E-state index in [-0.39, 0.29) is 11.2 Å². The first-order valence-electron chi connectivity index (χ1n) is 6.40. The predicted molar refractivity (Wildman–Crippen MR) is 75.1 cm³/mol. The lowest BCUT2D eigenvalue weighted by molar-refractivity contribution is -0.120. The summed E-state index contributed by atoms with van der Waals surface area (Å²) < 4.78 is 6.05. The molecule has 0 radical (unpaired) electrons. The number of hydrogen-bond donors (Lipinski definition) is 0. The SMILES string of the molecule is CC(=O)CC(C)(C)Oc1ccccc1C(C)(C)C. The molecule has 2 nitrogen and oxygen atoms in total. The molecule has 2 heteroatoms. The van der Waals surface area contributed by atoms with Gasteiger partial charge >= 0.3 is 0 Å². The van der Waals surface area contributed by atoms with Gasteiger partial charge in [-0.1, -0.05) is 39.0 Å². The third-order valence-corrected chi connectivity index (χ3v) is 2.76. The first-order valence-corrected chi connectivity index (χ1v) is 6.40. The fraction of sp³-hybridized carbons (Fsp3) is 0.562. The average Bonchev–Trinajstić information content (AvgIpc) is 2.13. The number of benzene rings is 1. The molecule has 0 fully saturated rings. The lowest BCUT2D eigenvalue weighted by atomic mass is 9.86. The summed E-state index contributed by atoms with van der Waals surface area (Å²) in [5, 5.41) is 0. The lowest BCUT2D eigenvalue weighted by Gasteiger charge is -2.30. The van der Waals surface area contributed by atoms with Gasteiger partial charge in [0.05, 0.1) is 0 Å². The molecular weight excluding hydrogens is 224 g/mol. The Balaban J connectivity index is 3.01. The Hall–Kier alpha value is -1.31. The molecule has 0 saturated carbocycles. The number of rotatable bonds is 4. The fourth-order valence-electron chi connectivity index (χ4n) is 2.11. The van der Waals surface area contributed by atoms with Crippen molar-refractivity contribution >= 4 is 5.78 Å². The molecule has 0 unspecified atom stereocenters. The van der Waals surface area contributed by atoms with Crippen molar-refractivity contribution in [3.8, 4) is 5.75 Å². The Morgan fingerprint density at radius 1 is 1.11 bits per heavy atom. The molecule has 0 aliphatic rings. The molecule has 0 amide bonds. The summed E-state index contributed by atoms with van der Waals surface area (Å²) in [7, 11) is 0. The van der Waals surface area contributed by atoms with Crippen LogP contribution in [0.1, 0.15) is 53.5 Å². The molecule has 0 aliphatic carbocycles. The fourth-order valence-corrected chi connectivity index (χ4v) is 2.11. The van der Waals surface area contributed by atoms with Crippen LogP contribution in [0.15, 0.2) is 24.3 Å². The van der Waals surface area contributed by atoms with E-state index in [9.17, 15) is 4.79 Å². The number of ether oxygens (including phenoxy) is 1. The van der Waals surface area contributed by atoms with Gasteiger partial charge in [0.2, 0.25) is 0 Å². The van der Waals surface area contributed by atoms with Crippen molar-refractivity contribution in [3.63, 3.8) is 0 Å². The summed E-state index contributed by atoms with van der Waals surface area (Å²) in [5.41, 5.74) is 0.734. The monoisotopic (exact) mass is 248 g/mol. The van der Waals surface area contributed by atoms with Gasteiger partial charge in [-0.25, -0.2) is 0 Å². The summed E-state index contributed by atoms with van der Waals surface area (Å²) in [6.07, 6.45) is 0.422. The number of Topliss-reactive ketones (excluding diaryl/α,β-unsaturated/α-hetero) is 1. The lowest BCUT2D eigenvalue weighted by Crippen LogP contribution is -2.31. The minimum atomic E-state index is -0.465. The maximum Gasteiger partial charge on any atom is 0.133 e. The Morgan fingerprint density at radius 2 is 1.67 bits per heavy atom. The first-order chi connectivity index (χ1) is 8.12. The number of hydrogen-bond acceptors (Lipinski definition) is 2. The molecular formula is C16H24O2. The van der Waals surface area contributed by atoms with Crippen molar-refractivity contribution in [2.45, 2.75) is 59.0 Å². The Morgan fingerprint density at radius 3 is 2.17 bits per heavy atom. The summed E-state index contributed by atoms with van der Waals surface area (Å²) >= 11 is 0. The Kier molecular flexibility index (Phi) is 4.20. The standard InChI is InChI=1S/C16H24O2/c1-12(17)11-16(5,6)18-14-10-8-7-9-13(14)15(2,3)4/h7-10H,11H2,1-6H3. The van der Waals surface area contributed by atoms with E-state index in [1.165, 1.54) is 5.56 Å². The van der Waals surface area contributed by atoms with Crippen molar-refractivity contribution in [2.75, 3.05) is 0 Å². The van der Waals surface area contributed by atoms with Crippen LogP contribution in [0, 0.1) is 0 Å². The summed E-state index contributed by atoms with van der Waals surface area (Å²) in [6.45, 7) is 12.0. The van der Waals surface area contributed by atoms with Crippen LogP contribution in [0.2, 0.25) is 0 Å². The minimum absolute atomic E-state index is 0.0307. The highest BCUT2D eigenvalue weighted by Crippen LogP contribution is 2.33. The van der Waals surface area contributed by atoms with E-state index in [0.29, 0.717) is 6.42 Å². The maximum atomic E-state index is 11.3. The van der Waals surface area contributed by atoms with Crippen molar-refractivity contribution < 1.29 is 9.53 Å². The molecule has 100 valence electrons. The zero-order chi connectivity index (χ0) is 14.0. The maximum absolute atomic E-state index is 11.3. The van der Waals surface area contributed by atoms with E-state index in [1.54, 1.807) is 6.92 Å². The van der Waals surface area contributed by atoms with Gasteiger partial charge in [0.25, 0.3) is 0 Å². The van der Waals surface area contributed by atoms with E-state index in [2.05, 4.69) is 26.8 Å². The molecule has 0 aliphatic heterocycles. The highest BCUT2D eigenvalue weighted by Gasteiger charge is 2.26. The number of para-hydroxylation sites is 1. The molecule has 1 rings (SSSR count). The normalized spacial score (nSPS) is 12.3. The smallest absolute Gasteiger partial charge is 0.133 e. The topological polar surface area (TPSA) is 26.3 Å². The second-order valence-corrected chi connectivity index (χ2v) is 6.49. The first kappa shape index (κ1) is 14.7. The van der Waals surface area contributed by atoms with Crippen molar-refractivity contribution in [1.29, 1.82) is 0 Å². The third-order valence-electron chi connectivity index (χ3n) is 2.76. The summed E-state index contributed by atoms with van der Waals surface area (Å²) in [5.74, 6) is 1.02. The van der Waals surface area contributed by atoms with Crippen LogP contribution in [0.4, 0.5) is 0 Å². The van der Waals surface area contributed by atoms with Crippen LogP contribution >= 0.6 is 0 Å². The highest BCUT2D eigenvalue weighted by molar-refractivity contribution is 5.76. The van der Waals surface area contributed by atoms with Crippen LogP contribution in [0.3, 0.4) is 0 Å². The van der Waals surface area contributed by atoms with Gasteiger partial charge in [0, 0.05) is 6.42 Å². The zero-order valence-electron chi connectivity index (χ0n) is 12.3. The number of carbonyl (C=O) groups is 1. The van der Waals surface area contributed by atoms with Gasteiger partial charge in [0.1, 0.15) is 17.1 Å². The van der Waals surface area contributed by atoms with Gasteiger partial charge in [-0.15, -0.1) is 0 Å².